The summed E-state index contributed by atoms with van der Waals surface area (Å²) >= 11 is 1.45. The molecule has 0 aromatic carbocycles. The van der Waals surface area contributed by atoms with Crippen LogP contribution < -0.4 is 22.3 Å². The Morgan fingerprint density at radius 3 is 2.49 bits per heavy atom. The second-order valence-electron chi connectivity index (χ2n) is 14.2. The molecule has 3 aliphatic rings. The van der Waals surface area contributed by atoms with Gasteiger partial charge in [0.15, 0.2) is 0 Å². The molecule has 7 N–H and O–H groups in total. The SMILES string of the molecule is [3H]C1CC(OP(=O)(O)OC2CC(Cn3cc(/C=C/C(=O)NCCCCN)c(=O)[nH]c3=O)OC2CCCOP(=O)(O)OCCCCCCSC2CC(=O)N(C)C2=O)C(CO)O1. The zero-order valence-electron chi connectivity index (χ0n) is 33.9. The van der Waals surface area contributed by atoms with E-state index in [0.717, 1.165) is 34.8 Å². The first-order valence-corrected chi connectivity index (χ1v) is 23.6. The first-order chi connectivity index (χ1) is 28.5. The first-order valence-electron chi connectivity index (χ1n) is 20.2. The van der Waals surface area contributed by atoms with E-state index in [-0.39, 0.29) is 74.5 Å². The van der Waals surface area contributed by atoms with Crippen LogP contribution in [0.15, 0.2) is 21.9 Å². The lowest BCUT2D eigenvalue weighted by atomic mass is 10.1. The van der Waals surface area contributed by atoms with Crippen LogP contribution in [-0.2, 0) is 57.6 Å². The summed E-state index contributed by atoms with van der Waals surface area (Å²) in [5, 5.41) is 11.9. The minimum atomic E-state index is -4.86. The number of H-pyrrole nitrogens is 1. The highest BCUT2D eigenvalue weighted by molar-refractivity contribution is 8.00. The summed E-state index contributed by atoms with van der Waals surface area (Å²) in [6.45, 7) is -1.21. The number of rotatable bonds is 27. The van der Waals surface area contributed by atoms with Crippen molar-refractivity contribution in [3.05, 3.63) is 38.7 Å². The molecular formula is C35H57N5O16P2S. The van der Waals surface area contributed by atoms with Crippen molar-refractivity contribution < 1.29 is 67.3 Å². The second-order valence-corrected chi connectivity index (χ2v) is 18.3. The molecule has 24 heteroatoms. The summed E-state index contributed by atoms with van der Waals surface area (Å²) in [4.78, 5) is 85.4. The molecule has 1 aromatic heterocycles. The van der Waals surface area contributed by atoms with Crippen molar-refractivity contribution in [2.45, 2.75) is 113 Å². The van der Waals surface area contributed by atoms with E-state index >= 15 is 0 Å². The number of imide groups is 1. The van der Waals surface area contributed by atoms with Gasteiger partial charge in [-0.1, -0.05) is 12.8 Å². The van der Waals surface area contributed by atoms with Crippen molar-refractivity contribution in [2.24, 2.45) is 5.73 Å². The number of aliphatic hydroxyl groups is 1. The average molecular weight is 900 g/mol. The maximum Gasteiger partial charge on any atom is 0.472 e. The molecule has 4 heterocycles. The van der Waals surface area contributed by atoms with Gasteiger partial charge >= 0.3 is 21.3 Å². The van der Waals surface area contributed by atoms with E-state index in [1.54, 1.807) is 0 Å². The normalized spacial score (nSPS) is 27.0. The Bertz CT molecular complexity index is 1840. The summed E-state index contributed by atoms with van der Waals surface area (Å²) in [6, 6.07) is 0. The average Bonchev–Trinajstić information content (AvgIpc) is 3.81. The summed E-state index contributed by atoms with van der Waals surface area (Å²) in [5.41, 5.74) is 3.95. The number of likely N-dealkylation sites (tertiary alicyclic amines) is 1. The van der Waals surface area contributed by atoms with E-state index in [4.69, 9.17) is 34.7 Å². The van der Waals surface area contributed by atoms with Crippen LogP contribution in [-0.4, -0.2) is 135 Å². The minimum absolute atomic E-state index is 0.000404. The number of ether oxygens (including phenoxy) is 2. The number of hydrogen-bond acceptors (Lipinski definition) is 16. The van der Waals surface area contributed by atoms with Crippen molar-refractivity contribution in [3.63, 3.8) is 0 Å². The van der Waals surface area contributed by atoms with Crippen molar-refractivity contribution in [1.29, 1.82) is 0 Å². The molecule has 0 bridgehead atoms. The van der Waals surface area contributed by atoms with Gasteiger partial charge in [-0.2, -0.15) is 0 Å². The van der Waals surface area contributed by atoms with Crippen LogP contribution in [0.4, 0.5) is 0 Å². The number of unbranched alkanes of at least 4 members (excludes halogenated alkanes) is 4. The van der Waals surface area contributed by atoms with E-state index in [2.05, 4.69) is 10.3 Å². The highest BCUT2D eigenvalue weighted by Gasteiger charge is 2.43. The highest BCUT2D eigenvalue weighted by Crippen LogP contribution is 2.50. The van der Waals surface area contributed by atoms with Gasteiger partial charge in [0.05, 0.1) is 56.9 Å². The van der Waals surface area contributed by atoms with Gasteiger partial charge in [-0.25, -0.2) is 13.9 Å². The number of aromatic nitrogens is 2. The van der Waals surface area contributed by atoms with E-state index in [0.29, 0.717) is 38.1 Å². The van der Waals surface area contributed by atoms with Gasteiger partial charge in [-0.3, -0.25) is 51.7 Å². The Hall–Kier alpha value is -2.56. The third-order valence-corrected chi connectivity index (χ3v) is 13.0. The molecule has 9 unspecified atom stereocenters. The smallest absolute Gasteiger partial charge is 0.394 e. The fourth-order valence-electron chi connectivity index (χ4n) is 6.46. The lowest BCUT2D eigenvalue weighted by Gasteiger charge is -2.24. The summed E-state index contributed by atoms with van der Waals surface area (Å²) in [7, 11) is -7.81. The Kier molecular flexibility index (Phi) is 19.5. The highest BCUT2D eigenvalue weighted by atomic mass is 32.2. The third-order valence-electron chi connectivity index (χ3n) is 9.63. The largest absolute Gasteiger partial charge is 0.472 e. The Labute approximate surface area is 347 Å². The van der Waals surface area contributed by atoms with Crippen molar-refractivity contribution >= 4 is 51.2 Å². The number of aromatic amines is 1. The number of amides is 3. The number of aliphatic hydroxyl groups excluding tert-OH is 1. The number of carbonyl (C=O) groups excluding carboxylic acids is 3. The van der Waals surface area contributed by atoms with Crippen molar-refractivity contribution in [2.75, 3.05) is 52.3 Å². The summed E-state index contributed by atoms with van der Waals surface area (Å²) in [6.07, 6.45) is 3.13. The number of hydrogen-bond donors (Lipinski definition) is 6. The van der Waals surface area contributed by atoms with Crippen LogP contribution in [0.1, 0.15) is 77.6 Å². The molecule has 0 aliphatic carbocycles. The number of nitrogens with zero attached hydrogens (tertiary/aromatic N) is 2. The van der Waals surface area contributed by atoms with Crippen molar-refractivity contribution in [3.8, 4) is 0 Å². The van der Waals surface area contributed by atoms with Gasteiger partial charge in [0.25, 0.3) is 5.56 Å². The second kappa shape index (κ2) is 24.2. The standard InChI is InChI=1S/C35H57N5O16P2S/c1-39-32(43)20-30(34(39)45)59-18-7-3-2-6-15-52-57(47,48)53-16-8-9-26-28(56-58(49,50)55-27-12-17-51-29(27)23-41)19-25(54-26)22-40-21-24(33(44)38-35(40)46)10-11-31(42)37-14-5-4-13-36/h10-11,21,25-30,41H,2-9,12-20,22-23,36H2,1H3,(H,37,42)(H,47,48)(H,49,50)(H,38,44,46)/b11-10+/i17T. The van der Waals surface area contributed by atoms with E-state index in [9.17, 15) is 48.0 Å². The molecule has 0 saturated carbocycles. The molecule has 334 valence electrons. The number of nitrogens with two attached hydrogens (primary N) is 1. The predicted octanol–water partition coefficient (Wildman–Crippen LogP) is 1.18. The molecule has 21 nitrogen and oxygen atoms in total. The first kappa shape index (κ1) is 47.5. The number of nitrogens with one attached hydrogen (secondary N) is 2. The summed E-state index contributed by atoms with van der Waals surface area (Å²) < 4.78 is 67.1. The molecule has 3 amide bonds. The molecule has 3 fully saturated rings. The van der Waals surface area contributed by atoms with Crippen LogP contribution >= 0.6 is 27.4 Å². The van der Waals surface area contributed by atoms with E-state index < -0.39 is 76.5 Å². The van der Waals surface area contributed by atoms with E-state index in [1.165, 1.54) is 31.1 Å². The predicted molar refractivity (Wildman–Crippen MR) is 214 cm³/mol. The molecule has 4 rings (SSSR count). The summed E-state index contributed by atoms with van der Waals surface area (Å²) in [5.74, 6) is -0.109. The number of phosphoric acid groups is 2. The van der Waals surface area contributed by atoms with Crippen LogP contribution in [0, 0.1) is 0 Å². The molecule has 0 spiro atoms. The monoisotopic (exact) mass is 899 g/mol. The van der Waals surface area contributed by atoms with Crippen LogP contribution in [0.5, 0.6) is 0 Å². The van der Waals surface area contributed by atoms with Gasteiger partial charge in [0, 0.05) is 51.7 Å². The fourth-order valence-corrected chi connectivity index (χ4v) is 9.65. The maximum atomic E-state index is 13.2. The molecule has 3 aliphatic heterocycles. The molecule has 9 atom stereocenters. The fraction of sp³-hybridized carbons (Fsp3) is 0.743. The van der Waals surface area contributed by atoms with Crippen LogP contribution in [0.3, 0.4) is 0 Å². The lowest BCUT2D eigenvalue weighted by molar-refractivity contribution is -0.136. The number of carbonyl (C=O) groups is 3. The van der Waals surface area contributed by atoms with E-state index in [1.807, 2.05) is 0 Å². The van der Waals surface area contributed by atoms with Gasteiger partial charge in [-0.15, -0.1) is 11.8 Å². The number of thioether (sulfide) groups is 1. The zero-order chi connectivity index (χ0) is 43.9. The third kappa shape index (κ3) is 16.3. The number of phosphoric ester groups is 2. The molecule has 1 aromatic rings. The van der Waals surface area contributed by atoms with Gasteiger partial charge in [-0.05, 0) is 56.9 Å². The quantitative estimate of drug-likeness (QED) is 0.0313. The maximum absolute atomic E-state index is 13.2. The zero-order valence-corrected chi connectivity index (χ0v) is 35.5. The molecule has 0 radical (unpaired) electrons. The van der Waals surface area contributed by atoms with Gasteiger partial charge < -0.3 is 35.4 Å². The van der Waals surface area contributed by atoms with Crippen LogP contribution in [0.25, 0.3) is 6.08 Å². The molecular weight excluding hydrogens is 840 g/mol. The van der Waals surface area contributed by atoms with Gasteiger partial charge in [0.1, 0.15) is 12.2 Å². The van der Waals surface area contributed by atoms with Crippen LogP contribution in [0.2, 0.25) is 0 Å². The Morgan fingerprint density at radius 2 is 1.78 bits per heavy atom. The van der Waals surface area contributed by atoms with Gasteiger partial charge in [0.2, 0.25) is 17.7 Å². The molecule has 59 heavy (non-hydrogen) atoms. The Morgan fingerprint density at radius 1 is 1.05 bits per heavy atom. The topological polar surface area (TPSA) is 298 Å². The Balaban J connectivity index is 1.28. The molecule has 3 saturated heterocycles. The minimum Gasteiger partial charge on any atom is -0.394 e. The van der Waals surface area contributed by atoms with Crippen molar-refractivity contribution in [1.82, 2.24) is 19.8 Å². The lowest BCUT2D eigenvalue weighted by Crippen LogP contribution is -2.34.